The summed E-state index contributed by atoms with van der Waals surface area (Å²) < 4.78 is 0. The maximum absolute atomic E-state index is 5.61. The second kappa shape index (κ2) is 5.82. The van der Waals surface area contributed by atoms with E-state index in [4.69, 9.17) is 5.73 Å². The van der Waals surface area contributed by atoms with Gasteiger partial charge in [-0.25, -0.2) is 0 Å². The van der Waals surface area contributed by atoms with Crippen LogP contribution in [0.25, 0.3) is 0 Å². The van der Waals surface area contributed by atoms with E-state index in [1.165, 1.54) is 0 Å². The van der Waals surface area contributed by atoms with E-state index in [0.717, 1.165) is 25.2 Å². The Kier molecular flexibility index (Phi) is 4.70. The van der Waals surface area contributed by atoms with Crippen molar-refractivity contribution in [1.29, 1.82) is 0 Å². The predicted molar refractivity (Wildman–Crippen MR) is 73.9 cm³/mol. The quantitative estimate of drug-likeness (QED) is 0.794. The Morgan fingerprint density at radius 3 is 2.59 bits per heavy atom. The van der Waals surface area contributed by atoms with Crippen LogP contribution in [-0.4, -0.2) is 28.5 Å². The van der Waals surface area contributed by atoms with Crippen LogP contribution < -0.4 is 5.73 Å². The van der Waals surface area contributed by atoms with Gasteiger partial charge in [-0.1, -0.05) is 6.08 Å². The molecule has 0 atom stereocenters. The highest BCUT2D eigenvalue weighted by molar-refractivity contribution is 5.34. The molecule has 0 aromatic carbocycles. The second-order valence-corrected chi connectivity index (χ2v) is 5.24. The molecule has 0 bridgehead atoms. The van der Waals surface area contributed by atoms with E-state index in [1.807, 2.05) is 18.2 Å². The number of anilines is 1. The fourth-order valence-electron chi connectivity index (χ4n) is 1.69. The van der Waals surface area contributed by atoms with Crippen LogP contribution in [0.4, 0.5) is 5.69 Å². The van der Waals surface area contributed by atoms with Gasteiger partial charge in [0.2, 0.25) is 0 Å². The van der Waals surface area contributed by atoms with Gasteiger partial charge in [0.15, 0.2) is 0 Å². The highest BCUT2D eigenvalue weighted by Gasteiger charge is 2.19. The van der Waals surface area contributed by atoms with Crippen molar-refractivity contribution in [3.63, 3.8) is 0 Å². The van der Waals surface area contributed by atoms with Gasteiger partial charge in [-0.05, 0) is 32.9 Å². The van der Waals surface area contributed by atoms with Crippen LogP contribution >= 0.6 is 0 Å². The van der Waals surface area contributed by atoms with Gasteiger partial charge < -0.3 is 5.73 Å². The Morgan fingerprint density at radius 1 is 1.41 bits per heavy atom. The summed E-state index contributed by atoms with van der Waals surface area (Å²) in [5.74, 6) is 0. The van der Waals surface area contributed by atoms with Crippen molar-refractivity contribution in [2.75, 3.05) is 18.8 Å². The molecule has 0 spiro atoms. The SMILES string of the molecule is C=CCN(CCc1ccc(N)cn1)C(C)(C)C. The van der Waals surface area contributed by atoms with Crippen LogP contribution in [0.1, 0.15) is 26.5 Å². The van der Waals surface area contributed by atoms with E-state index in [1.54, 1.807) is 6.20 Å². The first-order chi connectivity index (χ1) is 7.93. The van der Waals surface area contributed by atoms with Crippen LogP contribution in [0, 0.1) is 0 Å². The third-order valence-electron chi connectivity index (χ3n) is 2.78. The smallest absolute Gasteiger partial charge is 0.0501 e. The van der Waals surface area contributed by atoms with Crippen LogP contribution in [0.3, 0.4) is 0 Å². The summed E-state index contributed by atoms with van der Waals surface area (Å²) in [6.07, 6.45) is 4.59. The normalized spacial score (nSPS) is 11.8. The lowest BCUT2D eigenvalue weighted by atomic mass is 10.1. The maximum atomic E-state index is 5.61. The van der Waals surface area contributed by atoms with Crippen molar-refractivity contribution in [2.45, 2.75) is 32.7 Å². The molecule has 0 radical (unpaired) electrons. The van der Waals surface area contributed by atoms with Gasteiger partial charge in [-0.2, -0.15) is 0 Å². The molecule has 0 saturated heterocycles. The van der Waals surface area contributed by atoms with Crippen molar-refractivity contribution in [1.82, 2.24) is 9.88 Å². The van der Waals surface area contributed by atoms with Crippen LogP contribution in [0.2, 0.25) is 0 Å². The van der Waals surface area contributed by atoms with E-state index in [2.05, 4.69) is 37.2 Å². The van der Waals surface area contributed by atoms with Gasteiger partial charge in [-0.3, -0.25) is 9.88 Å². The zero-order chi connectivity index (χ0) is 12.9. The van der Waals surface area contributed by atoms with Crippen molar-refractivity contribution in [3.05, 3.63) is 36.7 Å². The van der Waals surface area contributed by atoms with Gasteiger partial charge in [0, 0.05) is 30.7 Å². The zero-order valence-electron chi connectivity index (χ0n) is 11.1. The molecule has 1 aromatic heterocycles. The summed E-state index contributed by atoms with van der Waals surface area (Å²) in [5, 5.41) is 0. The fraction of sp³-hybridized carbons (Fsp3) is 0.500. The summed E-state index contributed by atoms with van der Waals surface area (Å²) in [4.78, 5) is 6.70. The van der Waals surface area contributed by atoms with Crippen LogP contribution in [-0.2, 0) is 6.42 Å². The molecule has 0 unspecified atom stereocenters. The molecule has 1 aromatic rings. The number of nitrogens with zero attached hydrogens (tertiary/aromatic N) is 2. The fourth-order valence-corrected chi connectivity index (χ4v) is 1.69. The van der Waals surface area contributed by atoms with Crippen LogP contribution in [0.15, 0.2) is 31.0 Å². The lowest BCUT2D eigenvalue weighted by Gasteiger charge is -2.34. The number of rotatable bonds is 5. The van der Waals surface area contributed by atoms with E-state index in [9.17, 15) is 0 Å². The van der Waals surface area contributed by atoms with Crippen LogP contribution in [0.5, 0.6) is 0 Å². The van der Waals surface area contributed by atoms with Gasteiger partial charge >= 0.3 is 0 Å². The molecule has 0 aliphatic heterocycles. The molecule has 1 rings (SSSR count). The molecule has 0 fully saturated rings. The average molecular weight is 233 g/mol. The van der Waals surface area contributed by atoms with Gasteiger partial charge in [-0.15, -0.1) is 6.58 Å². The Labute approximate surface area is 104 Å². The van der Waals surface area contributed by atoms with E-state index >= 15 is 0 Å². The minimum absolute atomic E-state index is 0.155. The number of nitrogen functional groups attached to an aromatic ring is 1. The standard InChI is InChI=1S/C14H23N3/c1-5-9-17(14(2,3)4)10-8-13-7-6-12(15)11-16-13/h5-7,11H,1,8-10,15H2,2-4H3. The molecular formula is C14H23N3. The molecule has 2 N–H and O–H groups in total. The molecule has 0 saturated carbocycles. The molecule has 3 nitrogen and oxygen atoms in total. The Balaban J connectivity index is 2.57. The van der Waals surface area contributed by atoms with E-state index in [0.29, 0.717) is 5.69 Å². The number of nitrogens with two attached hydrogens (primary N) is 1. The number of pyridine rings is 1. The minimum Gasteiger partial charge on any atom is -0.397 e. The average Bonchev–Trinajstić information content (AvgIpc) is 2.25. The number of hydrogen-bond acceptors (Lipinski definition) is 3. The predicted octanol–water partition coefficient (Wildman–Crippen LogP) is 2.49. The topological polar surface area (TPSA) is 42.1 Å². The third-order valence-corrected chi connectivity index (χ3v) is 2.78. The summed E-state index contributed by atoms with van der Waals surface area (Å²) in [5.41, 5.74) is 7.56. The Bertz CT molecular complexity index is 349. The molecule has 0 aliphatic rings. The summed E-state index contributed by atoms with van der Waals surface area (Å²) >= 11 is 0. The molecule has 3 heteroatoms. The third kappa shape index (κ3) is 4.57. The molecule has 0 aliphatic carbocycles. The zero-order valence-corrected chi connectivity index (χ0v) is 11.1. The summed E-state index contributed by atoms with van der Waals surface area (Å²) in [6, 6.07) is 3.89. The monoisotopic (exact) mass is 233 g/mol. The number of aromatic nitrogens is 1. The maximum Gasteiger partial charge on any atom is 0.0501 e. The van der Waals surface area contributed by atoms with Crippen molar-refractivity contribution in [2.24, 2.45) is 0 Å². The Hall–Kier alpha value is -1.35. The second-order valence-electron chi connectivity index (χ2n) is 5.24. The first-order valence-electron chi connectivity index (χ1n) is 6.00. The molecule has 1 heterocycles. The number of hydrogen-bond donors (Lipinski definition) is 1. The van der Waals surface area contributed by atoms with E-state index < -0.39 is 0 Å². The van der Waals surface area contributed by atoms with Gasteiger partial charge in [0.25, 0.3) is 0 Å². The van der Waals surface area contributed by atoms with Gasteiger partial charge in [0.1, 0.15) is 0 Å². The molecule has 94 valence electrons. The molecule has 17 heavy (non-hydrogen) atoms. The highest BCUT2D eigenvalue weighted by atomic mass is 15.2. The van der Waals surface area contributed by atoms with Crippen molar-refractivity contribution < 1.29 is 0 Å². The first-order valence-corrected chi connectivity index (χ1v) is 6.00. The Morgan fingerprint density at radius 2 is 2.12 bits per heavy atom. The minimum atomic E-state index is 0.155. The molecule has 0 amide bonds. The highest BCUT2D eigenvalue weighted by Crippen LogP contribution is 2.14. The molecular weight excluding hydrogens is 210 g/mol. The lowest BCUT2D eigenvalue weighted by Crippen LogP contribution is -2.42. The largest absolute Gasteiger partial charge is 0.397 e. The lowest BCUT2D eigenvalue weighted by molar-refractivity contribution is 0.156. The summed E-state index contributed by atoms with van der Waals surface area (Å²) in [7, 11) is 0. The van der Waals surface area contributed by atoms with Crippen molar-refractivity contribution >= 4 is 5.69 Å². The van der Waals surface area contributed by atoms with E-state index in [-0.39, 0.29) is 5.54 Å². The van der Waals surface area contributed by atoms with Gasteiger partial charge in [0.05, 0.1) is 11.9 Å². The summed E-state index contributed by atoms with van der Waals surface area (Å²) in [6.45, 7) is 12.3. The van der Waals surface area contributed by atoms with Crippen molar-refractivity contribution in [3.8, 4) is 0 Å². The first kappa shape index (κ1) is 13.7.